The molecule has 2 aliphatic carbocycles. The zero-order valence-corrected chi connectivity index (χ0v) is 13.6. The Hall–Kier alpha value is -2.29. The third-order valence-corrected chi connectivity index (χ3v) is 5.05. The summed E-state index contributed by atoms with van der Waals surface area (Å²) >= 11 is 0. The molecule has 0 unspecified atom stereocenters. The third kappa shape index (κ3) is 2.23. The van der Waals surface area contributed by atoms with E-state index in [0.717, 1.165) is 41.9 Å². The van der Waals surface area contributed by atoms with Crippen LogP contribution in [0.5, 0.6) is 11.5 Å². The van der Waals surface area contributed by atoms with E-state index in [1.54, 1.807) is 7.11 Å². The van der Waals surface area contributed by atoms with Gasteiger partial charge in [-0.1, -0.05) is 6.08 Å². The minimum absolute atomic E-state index is 0.306. The number of hydrogen-bond donors (Lipinski definition) is 0. The summed E-state index contributed by atoms with van der Waals surface area (Å²) < 4.78 is 11.4. The molecule has 0 saturated heterocycles. The maximum atomic E-state index is 12.4. The topological polar surface area (TPSA) is 35.5 Å². The highest BCUT2D eigenvalue weighted by Crippen LogP contribution is 2.46. The Morgan fingerprint density at radius 1 is 1.13 bits per heavy atom. The van der Waals surface area contributed by atoms with Crippen molar-refractivity contribution in [1.82, 2.24) is 0 Å². The van der Waals surface area contributed by atoms with Gasteiger partial charge in [-0.2, -0.15) is 0 Å². The zero-order chi connectivity index (χ0) is 16.0. The Balaban J connectivity index is 1.99. The van der Waals surface area contributed by atoms with Crippen LogP contribution in [0.3, 0.4) is 0 Å². The molecule has 0 N–H and O–H groups in total. The van der Waals surface area contributed by atoms with Crippen molar-refractivity contribution in [3.63, 3.8) is 0 Å². The van der Waals surface area contributed by atoms with Crippen molar-refractivity contribution in [3.8, 4) is 11.5 Å². The van der Waals surface area contributed by atoms with Gasteiger partial charge in [0.2, 0.25) is 0 Å². The fourth-order valence-electron chi connectivity index (χ4n) is 3.78. The maximum absolute atomic E-state index is 12.4. The Labute approximate surface area is 136 Å². The predicted octanol–water partition coefficient (Wildman–Crippen LogP) is 4.24. The van der Waals surface area contributed by atoms with Crippen molar-refractivity contribution in [2.24, 2.45) is 0 Å². The van der Waals surface area contributed by atoms with E-state index in [0.29, 0.717) is 18.8 Å². The number of rotatable bonds is 1. The molecular weight excluding hydrogens is 288 g/mol. The molecule has 23 heavy (non-hydrogen) atoms. The highest BCUT2D eigenvalue weighted by molar-refractivity contribution is 6.03. The van der Waals surface area contributed by atoms with Crippen molar-refractivity contribution in [1.29, 1.82) is 0 Å². The number of carbonyl (C=O) groups excluding carboxylic acids is 1. The fraction of sp³-hybridized carbons (Fsp3) is 0.350. The molecule has 0 bridgehead atoms. The van der Waals surface area contributed by atoms with Crippen molar-refractivity contribution in [2.45, 2.75) is 32.6 Å². The van der Waals surface area contributed by atoms with Crippen LogP contribution in [0.4, 0.5) is 0 Å². The van der Waals surface area contributed by atoms with Gasteiger partial charge >= 0.3 is 0 Å². The number of fused-ring (bicyclic) bond motifs is 3. The highest BCUT2D eigenvalue weighted by Gasteiger charge is 2.31. The molecule has 1 aromatic rings. The van der Waals surface area contributed by atoms with E-state index in [2.05, 4.69) is 13.0 Å². The van der Waals surface area contributed by atoms with Crippen LogP contribution < -0.4 is 9.47 Å². The Morgan fingerprint density at radius 2 is 2.00 bits per heavy atom. The van der Waals surface area contributed by atoms with E-state index < -0.39 is 0 Å². The van der Waals surface area contributed by atoms with Crippen LogP contribution >= 0.6 is 0 Å². The summed E-state index contributed by atoms with van der Waals surface area (Å²) in [4.78, 5) is 12.4. The van der Waals surface area contributed by atoms with Gasteiger partial charge in [-0.15, -0.1) is 0 Å². The SMILES string of the molecule is COc1ccc2c(c1)C1=C(CO2)C(C)=CCC2=C1CCCC2=O. The number of hydrogen-bond acceptors (Lipinski definition) is 3. The number of allylic oxidation sites excluding steroid dienone is 4. The monoisotopic (exact) mass is 308 g/mol. The molecule has 3 aliphatic rings. The van der Waals surface area contributed by atoms with Gasteiger partial charge in [-0.05, 0) is 61.1 Å². The normalized spacial score (nSPS) is 20.1. The molecule has 1 aliphatic heterocycles. The molecule has 0 fully saturated rings. The number of carbonyl (C=O) groups is 1. The highest BCUT2D eigenvalue weighted by atomic mass is 16.5. The average Bonchev–Trinajstić information content (AvgIpc) is 2.72. The van der Waals surface area contributed by atoms with Crippen LogP contribution in [0.2, 0.25) is 0 Å². The van der Waals surface area contributed by atoms with Gasteiger partial charge in [-0.3, -0.25) is 4.79 Å². The molecular formula is C20H20O3. The van der Waals surface area contributed by atoms with Crippen molar-refractivity contribution < 1.29 is 14.3 Å². The molecule has 0 atom stereocenters. The minimum Gasteiger partial charge on any atom is -0.497 e. The van der Waals surface area contributed by atoms with Crippen LogP contribution in [0, 0.1) is 0 Å². The lowest BCUT2D eigenvalue weighted by molar-refractivity contribution is -0.116. The van der Waals surface area contributed by atoms with Crippen molar-refractivity contribution >= 4 is 11.4 Å². The quantitative estimate of drug-likeness (QED) is 0.778. The number of Topliss-reactive ketones (excluding diaryl/α,β-unsaturated/α-hetero) is 1. The van der Waals surface area contributed by atoms with E-state index in [-0.39, 0.29) is 0 Å². The Kier molecular flexibility index (Phi) is 3.37. The fourth-order valence-corrected chi connectivity index (χ4v) is 3.78. The van der Waals surface area contributed by atoms with Gasteiger partial charge < -0.3 is 9.47 Å². The van der Waals surface area contributed by atoms with Crippen LogP contribution in [-0.4, -0.2) is 19.5 Å². The summed E-state index contributed by atoms with van der Waals surface area (Å²) in [7, 11) is 1.67. The van der Waals surface area contributed by atoms with Gasteiger partial charge in [-0.25, -0.2) is 0 Å². The van der Waals surface area contributed by atoms with E-state index in [9.17, 15) is 4.79 Å². The van der Waals surface area contributed by atoms with Gasteiger partial charge in [0.15, 0.2) is 5.78 Å². The van der Waals surface area contributed by atoms with Gasteiger partial charge in [0.25, 0.3) is 0 Å². The van der Waals surface area contributed by atoms with E-state index >= 15 is 0 Å². The lowest BCUT2D eigenvalue weighted by atomic mass is 9.80. The van der Waals surface area contributed by atoms with Gasteiger partial charge in [0.1, 0.15) is 18.1 Å². The smallest absolute Gasteiger partial charge is 0.159 e. The van der Waals surface area contributed by atoms with Crippen LogP contribution in [0.15, 0.2) is 46.6 Å². The molecule has 0 saturated carbocycles. The summed E-state index contributed by atoms with van der Waals surface area (Å²) in [6.45, 7) is 2.69. The molecule has 4 rings (SSSR count). The van der Waals surface area contributed by atoms with Crippen LogP contribution in [0.25, 0.3) is 5.57 Å². The third-order valence-electron chi connectivity index (χ3n) is 5.05. The maximum Gasteiger partial charge on any atom is 0.159 e. The lowest BCUT2D eigenvalue weighted by Gasteiger charge is -2.28. The summed E-state index contributed by atoms with van der Waals surface area (Å²) in [5.74, 6) is 2.00. The molecule has 1 aromatic carbocycles. The Morgan fingerprint density at radius 3 is 2.83 bits per heavy atom. The number of methoxy groups -OCH3 is 1. The summed E-state index contributed by atoms with van der Waals surface area (Å²) in [6, 6.07) is 5.92. The molecule has 3 heteroatoms. The zero-order valence-electron chi connectivity index (χ0n) is 13.6. The molecule has 118 valence electrons. The van der Waals surface area contributed by atoms with Crippen LogP contribution in [0.1, 0.15) is 38.2 Å². The second kappa shape index (κ2) is 5.41. The molecule has 1 heterocycles. The summed E-state index contributed by atoms with van der Waals surface area (Å²) in [6.07, 6.45) is 5.50. The standard InChI is InChI=1S/C20H20O3/c1-12-6-8-14-15(4-3-5-18(14)21)20-16-10-13(22-2)7-9-19(16)23-11-17(12)20/h6-7,9-10H,3-5,8,11H2,1-2H3. The predicted molar refractivity (Wildman–Crippen MR) is 89.7 cm³/mol. The van der Waals surface area contributed by atoms with Gasteiger partial charge in [0.05, 0.1) is 7.11 Å². The lowest BCUT2D eigenvalue weighted by Crippen LogP contribution is -2.16. The number of ketones is 1. The minimum atomic E-state index is 0.306. The van der Waals surface area contributed by atoms with Crippen molar-refractivity contribution in [2.75, 3.05) is 13.7 Å². The number of ether oxygens (including phenoxy) is 2. The summed E-state index contributed by atoms with van der Waals surface area (Å²) in [5.41, 5.74) is 6.92. The molecule has 0 aromatic heterocycles. The first-order valence-electron chi connectivity index (χ1n) is 8.16. The van der Waals surface area contributed by atoms with Crippen LogP contribution in [-0.2, 0) is 4.79 Å². The van der Waals surface area contributed by atoms with E-state index in [1.165, 1.54) is 22.3 Å². The first-order chi connectivity index (χ1) is 11.2. The van der Waals surface area contributed by atoms with E-state index in [1.807, 2.05) is 18.2 Å². The Bertz CT molecular complexity index is 793. The first-order valence-corrected chi connectivity index (χ1v) is 8.16. The molecule has 0 radical (unpaired) electrons. The summed E-state index contributed by atoms with van der Waals surface area (Å²) in [5, 5.41) is 0. The number of benzene rings is 1. The molecule has 0 amide bonds. The van der Waals surface area contributed by atoms with Gasteiger partial charge in [0, 0.05) is 23.1 Å². The molecule has 0 spiro atoms. The molecule has 3 nitrogen and oxygen atoms in total. The van der Waals surface area contributed by atoms with E-state index in [4.69, 9.17) is 9.47 Å². The largest absolute Gasteiger partial charge is 0.497 e. The second-order valence-corrected chi connectivity index (χ2v) is 6.33. The second-order valence-electron chi connectivity index (χ2n) is 6.33. The average molecular weight is 308 g/mol. The van der Waals surface area contributed by atoms with Crippen molar-refractivity contribution in [3.05, 3.63) is 52.1 Å². The first kappa shape index (κ1) is 14.3.